The summed E-state index contributed by atoms with van der Waals surface area (Å²) in [4.78, 5) is 16.7. The minimum Gasteiger partial charge on any atom is -0.496 e. The lowest BCUT2D eigenvalue weighted by molar-refractivity contribution is 0.0465. The number of methoxy groups -OCH3 is 1. The number of esters is 1. The fraction of sp³-hybridized carbons (Fsp3) is 0.125. The molecule has 0 unspecified atom stereocenters. The van der Waals surface area contributed by atoms with Gasteiger partial charge in [-0.15, -0.1) is 11.3 Å². The van der Waals surface area contributed by atoms with Crippen LogP contribution in [-0.4, -0.2) is 18.1 Å². The number of hydrogen-bond acceptors (Lipinski definition) is 6. The summed E-state index contributed by atoms with van der Waals surface area (Å²) < 4.78 is 10.5. The number of rotatable bonds is 5. The van der Waals surface area contributed by atoms with Crippen LogP contribution < -0.4 is 4.74 Å². The minimum absolute atomic E-state index is 0.106. The van der Waals surface area contributed by atoms with Crippen molar-refractivity contribution in [2.75, 3.05) is 7.11 Å². The van der Waals surface area contributed by atoms with Crippen molar-refractivity contribution in [3.8, 4) is 16.3 Å². The molecule has 0 amide bonds. The number of aromatic nitrogens is 1. The second kappa shape index (κ2) is 7.12. The Morgan fingerprint density at radius 1 is 1.30 bits per heavy atom. The number of nitrogens with zero attached hydrogens (tertiary/aromatic N) is 1. The number of thiazole rings is 1. The van der Waals surface area contributed by atoms with Gasteiger partial charge in [0.05, 0.1) is 12.8 Å². The predicted molar refractivity (Wildman–Crippen MR) is 92.6 cm³/mol. The molecule has 0 N–H and O–H groups in total. The van der Waals surface area contributed by atoms with Gasteiger partial charge in [-0.1, -0.05) is 11.6 Å². The molecule has 2 aromatic heterocycles. The highest BCUT2D eigenvalue weighted by molar-refractivity contribution is 7.14. The Bertz CT molecular complexity index is 815. The van der Waals surface area contributed by atoms with Crippen molar-refractivity contribution in [3.05, 3.63) is 56.7 Å². The molecular weight excluding hydrogens is 354 g/mol. The number of hydrogen-bond donors (Lipinski definition) is 0. The van der Waals surface area contributed by atoms with Gasteiger partial charge in [0.15, 0.2) is 0 Å². The average molecular weight is 366 g/mol. The zero-order valence-electron chi connectivity index (χ0n) is 12.1. The summed E-state index contributed by atoms with van der Waals surface area (Å²) in [5, 5.41) is 7.28. The molecule has 3 aromatic rings. The fourth-order valence-corrected chi connectivity index (χ4v) is 3.64. The Hall–Kier alpha value is -1.89. The Kier molecular flexibility index (Phi) is 4.95. The maximum Gasteiger partial charge on any atom is 0.342 e. The molecule has 0 aliphatic rings. The smallest absolute Gasteiger partial charge is 0.342 e. The molecule has 23 heavy (non-hydrogen) atoms. The molecule has 0 radical (unpaired) electrons. The van der Waals surface area contributed by atoms with Crippen molar-refractivity contribution in [2.45, 2.75) is 6.61 Å². The van der Waals surface area contributed by atoms with E-state index in [1.807, 2.05) is 22.2 Å². The Morgan fingerprint density at radius 3 is 2.91 bits per heavy atom. The largest absolute Gasteiger partial charge is 0.496 e. The van der Waals surface area contributed by atoms with E-state index in [4.69, 9.17) is 21.1 Å². The quantitative estimate of drug-likeness (QED) is 0.604. The van der Waals surface area contributed by atoms with E-state index in [1.165, 1.54) is 24.5 Å². The molecule has 3 rings (SSSR count). The molecule has 0 atom stereocenters. The monoisotopic (exact) mass is 365 g/mol. The van der Waals surface area contributed by atoms with Crippen molar-refractivity contribution >= 4 is 40.2 Å². The van der Waals surface area contributed by atoms with Gasteiger partial charge >= 0.3 is 5.97 Å². The molecule has 0 aliphatic carbocycles. The summed E-state index contributed by atoms with van der Waals surface area (Å²) in [6, 6.07) is 6.83. The number of ether oxygens (including phenoxy) is 2. The first-order chi connectivity index (χ1) is 11.2. The number of halogens is 1. The molecule has 0 aliphatic heterocycles. The number of carbonyl (C=O) groups is 1. The molecule has 4 nitrogen and oxygen atoms in total. The molecule has 0 saturated heterocycles. The SMILES string of the molecule is COc1ccc(Cl)cc1C(=O)OCc1csc(-c2ccsc2)n1. The van der Waals surface area contributed by atoms with E-state index in [0.717, 1.165) is 10.6 Å². The summed E-state index contributed by atoms with van der Waals surface area (Å²) in [6.07, 6.45) is 0. The number of carbonyl (C=O) groups excluding carboxylic acids is 1. The lowest BCUT2D eigenvalue weighted by atomic mass is 10.2. The molecule has 0 bridgehead atoms. The van der Waals surface area contributed by atoms with Crippen molar-refractivity contribution < 1.29 is 14.3 Å². The van der Waals surface area contributed by atoms with E-state index in [9.17, 15) is 4.79 Å². The molecular formula is C16H12ClNO3S2. The topological polar surface area (TPSA) is 48.4 Å². The highest BCUT2D eigenvalue weighted by atomic mass is 35.5. The highest BCUT2D eigenvalue weighted by Gasteiger charge is 2.15. The van der Waals surface area contributed by atoms with E-state index in [0.29, 0.717) is 22.0 Å². The van der Waals surface area contributed by atoms with Gasteiger partial charge in [0.2, 0.25) is 0 Å². The van der Waals surface area contributed by atoms with Gasteiger partial charge in [-0.3, -0.25) is 0 Å². The van der Waals surface area contributed by atoms with Gasteiger partial charge in [-0.05, 0) is 29.6 Å². The van der Waals surface area contributed by atoms with Gasteiger partial charge in [0, 0.05) is 21.3 Å². The molecule has 0 fully saturated rings. The first kappa shape index (κ1) is 16.0. The maximum atomic E-state index is 12.2. The van der Waals surface area contributed by atoms with Crippen LogP contribution in [0.5, 0.6) is 5.75 Å². The lowest BCUT2D eigenvalue weighted by Crippen LogP contribution is -2.07. The standard InChI is InChI=1S/C16H12ClNO3S2/c1-20-14-3-2-11(17)6-13(14)16(19)21-7-12-9-23-15(18-12)10-4-5-22-8-10/h2-6,8-9H,7H2,1H3. The average Bonchev–Trinajstić information content (AvgIpc) is 3.23. The third kappa shape index (κ3) is 3.72. The van der Waals surface area contributed by atoms with Crippen LogP contribution in [0.4, 0.5) is 0 Å². The summed E-state index contributed by atoms with van der Waals surface area (Å²) in [5.41, 5.74) is 2.09. The first-order valence-electron chi connectivity index (χ1n) is 6.65. The third-order valence-corrected chi connectivity index (χ3v) is 4.91. The Balaban J connectivity index is 1.69. The van der Waals surface area contributed by atoms with Crippen LogP contribution in [-0.2, 0) is 11.3 Å². The molecule has 2 heterocycles. The van der Waals surface area contributed by atoms with Gasteiger partial charge < -0.3 is 9.47 Å². The van der Waals surface area contributed by atoms with E-state index in [2.05, 4.69) is 4.98 Å². The van der Waals surface area contributed by atoms with E-state index < -0.39 is 5.97 Å². The minimum atomic E-state index is -0.491. The van der Waals surface area contributed by atoms with Crippen molar-refractivity contribution in [2.24, 2.45) is 0 Å². The first-order valence-corrected chi connectivity index (χ1v) is 8.85. The van der Waals surface area contributed by atoms with Crippen molar-refractivity contribution in [1.29, 1.82) is 0 Å². The summed E-state index contributed by atoms with van der Waals surface area (Å²) >= 11 is 9.07. The molecule has 118 valence electrons. The predicted octanol–water partition coefficient (Wildman–Crippen LogP) is 4.89. The van der Waals surface area contributed by atoms with Gasteiger partial charge in [0.25, 0.3) is 0 Å². The van der Waals surface area contributed by atoms with Crippen LogP contribution in [0.2, 0.25) is 5.02 Å². The highest BCUT2D eigenvalue weighted by Crippen LogP contribution is 2.27. The van der Waals surface area contributed by atoms with Crippen molar-refractivity contribution in [3.63, 3.8) is 0 Å². The van der Waals surface area contributed by atoms with Crippen molar-refractivity contribution in [1.82, 2.24) is 4.98 Å². The molecule has 0 saturated carbocycles. The summed E-state index contributed by atoms with van der Waals surface area (Å²) in [7, 11) is 1.49. The van der Waals surface area contributed by atoms with Gasteiger partial charge in [-0.2, -0.15) is 11.3 Å². The fourth-order valence-electron chi connectivity index (χ4n) is 1.95. The van der Waals surface area contributed by atoms with Crippen LogP contribution in [0.15, 0.2) is 40.4 Å². The lowest BCUT2D eigenvalue weighted by Gasteiger charge is -2.08. The van der Waals surface area contributed by atoms with Gasteiger partial charge in [-0.25, -0.2) is 9.78 Å². The normalized spacial score (nSPS) is 10.5. The number of benzene rings is 1. The maximum absolute atomic E-state index is 12.2. The van der Waals surface area contributed by atoms with E-state index in [1.54, 1.807) is 23.5 Å². The second-order valence-electron chi connectivity index (χ2n) is 4.58. The zero-order valence-corrected chi connectivity index (χ0v) is 14.5. The van der Waals surface area contributed by atoms with Crippen LogP contribution in [0.25, 0.3) is 10.6 Å². The Labute approximate surface area is 146 Å². The van der Waals surface area contributed by atoms with Crippen LogP contribution in [0, 0.1) is 0 Å². The zero-order chi connectivity index (χ0) is 16.2. The van der Waals surface area contributed by atoms with Crippen LogP contribution >= 0.6 is 34.3 Å². The van der Waals surface area contributed by atoms with Crippen LogP contribution in [0.1, 0.15) is 16.1 Å². The molecule has 1 aromatic carbocycles. The number of thiophene rings is 1. The second-order valence-corrected chi connectivity index (χ2v) is 6.65. The molecule has 0 spiro atoms. The third-order valence-electron chi connectivity index (χ3n) is 3.05. The van der Waals surface area contributed by atoms with E-state index >= 15 is 0 Å². The van der Waals surface area contributed by atoms with E-state index in [-0.39, 0.29) is 6.61 Å². The van der Waals surface area contributed by atoms with Gasteiger partial charge in [0.1, 0.15) is 22.9 Å². The molecule has 7 heteroatoms. The Morgan fingerprint density at radius 2 is 2.17 bits per heavy atom. The summed E-state index contributed by atoms with van der Waals surface area (Å²) in [5.74, 6) is -0.0638. The van der Waals surface area contributed by atoms with Crippen LogP contribution in [0.3, 0.4) is 0 Å². The summed E-state index contributed by atoms with van der Waals surface area (Å²) in [6.45, 7) is 0.106.